The predicted molar refractivity (Wildman–Crippen MR) is 150 cm³/mol. The SMILES string of the molecule is CCOC(=O)C1=C(C)N=c2s/c(=C/c3ccc(N4CCN(C)CC4)o3)c(=O)n2[C@@H]1c1ccc(OC)c(Br)c1. The Morgan fingerprint density at radius 1 is 1.24 bits per heavy atom. The number of benzene rings is 1. The first-order valence-corrected chi connectivity index (χ1v) is 14.0. The molecule has 5 rings (SSSR count). The Morgan fingerprint density at radius 2 is 2.00 bits per heavy atom. The lowest BCUT2D eigenvalue weighted by molar-refractivity contribution is -0.139. The van der Waals surface area contributed by atoms with E-state index in [0.29, 0.717) is 36.6 Å². The Bertz CT molecular complexity index is 1580. The normalized spacial score (nSPS) is 18.4. The lowest BCUT2D eigenvalue weighted by atomic mass is 9.96. The maximum atomic E-state index is 13.8. The standard InChI is InChI=1S/C27H29BrN4O5S/c1-5-36-26(34)23-16(2)29-27-32(24(23)17-6-8-20(35-4)19(28)14-17)25(33)21(38-27)15-18-7-9-22(37-18)31-12-10-30(3)11-13-31/h6-9,14-15,24H,5,10-13H2,1-4H3/b21-15+/t24-/m1/s1. The van der Waals surface area contributed by atoms with Crippen LogP contribution in [0.4, 0.5) is 5.88 Å². The summed E-state index contributed by atoms with van der Waals surface area (Å²) >= 11 is 4.80. The summed E-state index contributed by atoms with van der Waals surface area (Å²) in [6, 6.07) is 8.61. The molecule has 2 aliphatic heterocycles. The number of hydrogen-bond acceptors (Lipinski definition) is 9. The molecule has 4 heterocycles. The van der Waals surface area contributed by atoms with Crippen LogP contribution in [0, 0.1) is 0 Å². The minimum absolute atomic E-state index is 0.215. The highest BCUT2D eigenvalue weighted by Crippen LogP contribution is 2.35. The van der Waals surface area contributed by atoms with E-state index >= 15 is 0 Å². The molecule has 0 amide bonds. The smallest absolute Gasteiger partial charge is 0.338 e. The summed E-state index contributed by atoms with van der Waals surface area (Å²) in [6.07, 6.45) is 1.74. The van der Waals surface area contributed by atoms with E-state index in [2.05, 4.69) is 37.8 Å². The van der Waals surface area contributed by atoms with E-state index in [9.17, 15) is 9.59 Å². The zero-order valence-corrected chi connectivity index (χ0v) is 24.1. The second kappa shape index (κ2) is 10.9. The monoisotopic (exact) mass is 600 g/mol. The first-order chi connectivity index (χ1) is 18.3. The molecule has 1 fully saturated rings. The molecule has 1 aromatic carbocycles. The maximum absolute atomic E-state index is 13.8. The molecule has 0 unspecified atom stereocenters. The number of rotatable bonds is 6. The molecule has 0 radical (unpaired) electrons. The Hall–Kier alpha value is -3.15. The van der Waals surface area contributed by atoms with Crippen LogP contribution in [-0.2, 0) is 9.53 Å². The van der Waals surface area contributed by atoms with Crippen LogP contribution in [0.2, 0.25) is 0 Å². The number of methoxy groups -OCH3 is 1. The quantitative estimate of drug-likeness (QED) is 0.402. The summed E-state index contributed by atoms with van der Waals surface area (Å²) < 4.78 is 19.6. The summed E-state index contributed by atoms with van der Waals surface area (Å²) in [5, 5.41) is 0. The number of piperazine rings is 1. The van der Waals surface area contributed by atoms with Gasteiger partial charge in [-0.3, -0.25) is 9.36 Å². The average molecular weight is 602 g/mol. The molecule has 2 aliphatic rings. The minimum Gasteiger partial charge on any atom is -0.496 e. The molecular formula is C27H29BrN4O5S. The van der Waals surface area contributed by atoms with Crippen molar-refractivity contribution in [3.63, 3.8) is 0 Å². The molecule has 0 spiro atoms. The third kappa shape index (κ3) is 4.97. The van der Waals surface area contributed by atoms with Gasteiger partial charge in [0.2, 0.25) is 0 Å². The number of aromatic nitrogens is 1. The highest BCUT2D eigenvalue weighted by atomic mass is 79.9. The average Bonchev–Trinajstić information content (AvgIpc) is 3.48. The van der Waals surface area contributed by atoms with Crippen LogP contribution in [-0.4, -0.2) is 62.4 Å². The number of esters is 1. The molecule has 2 aromatic heterocycles. The largest absolute Gasteiger partial charge is 0.496 e. The fourth-order valence-corrected chi connectivity index (χ4v) is 6.29. The van der Waals surface area contributed by atoms with Gasteiger partial charge in [0.25, 0.3) is 5.56 Å². The molecule has 3 aromatic rings. The summed E-state index contributed by atoms with van der Waals surface area (Å²) in [6.45, 7) is 7.45. The first-order valence-electron chi connectivity index (χ1n) is 12.4. The van der Waals surface area contributed by atoms with Crippen LogP contribution in [0.1, 0.15) is 31.2 Å². The number of hydrogen-bond donors (Lipinski definition) is 0. The molecular weight excluding hydrogens is 572 g/mol. The molecule has 200 valence electrons. The van der Waals surface area contributed by atoms with Crippen molar-refractivity contribution in [2.75, 3.05) is 51.8 Å². The van der Waals surface area contributed by atoms with E-state index < -0.39 is 12.0 Å². The van der Waals surface area contributed by atoms with Crippen molar-refractivity contribution in [1.82, 2.24) is 9.47 Å². The van der Waals surface area contributed by atoms with Gasteiger partial charge in [-0.15, -0.1) is 0 Å². The number of halogens is 1. The minimum atomic E-state index is -0.702. The van der Waals surface area contributed by atoms with Crippen molar-refractivity contribution in [1.29, 1.82) is 0 Å². The van der Waals surface area contributed by atoms with E-state index in [0.717, 1.165) is 37.6 Å². The van der Waals surface area contributed by atoms with Crippen LogP contribution < -0.4 is 24.5 Å². The number of nitrogens with zero attached hydrogens (tertiary/aromatic N) is 4. The first kappa shape index (κ1) is 26.5. The van der Waals surface area contributed by atoms with Gasteiger partial charge < -0.3 is 23.7 Å². The second-order valence-electron chi connectivity index (χ2n) is 9.16. The van der Waals surface area contributed by atoms with Crippen molar-refractivity contribution in [3.8, 4) is 5.75 Å². The van der Waals surface area contributed by atoms with Crippen molar-refractivity contribution < 1.29 is 18.7 Å². The zero-order valence-electron chi connectivity index (χ0n) is 21.7. The molecule has 0 aliphatic carbocycles. The second-order valence-corrected chi connectivity index (χ2v) is 11.0. The van der Waals surface area contributed by atoms with Gasteiger partial charge >= 0.3 is 5.97 Å². The van der Waals surface area contributed by atoms with Crippen molar-refractivity contribution in [2.24, 2.45) is 4.99 Å². The Balaban J connectivity index is 1.59. The number of ether oxygens (including phenoxy) is 2. The summed E-state index contributed by atoms with van der Waals surface area (Å²) in [7, 11) is 3.69. The molecule has 9 nitrogen and oxygen atoms in total. The number of carbonyl (C=O) groups excluding carboxylic acids is 1. The highest BCUT2D eigenvalue weighted by Gasteiger charge is 2.33. The Labute approximate surface area is 232 Å². The van der Waals surface area contributed by atoms with Gasteiger partial charge in [0, 0.05) is 38.3 Å². The zero-order chi connectivity index (χ0) is 27.0. The van der Waals surface area contributed by atoms with E-state index in [1.807, 2.05) is 24.3 Å². The van der Waals surface area contributed by atoms with E-state index in [-0.39, 0.29) is 12.2 Å². The van der Waals surface area contributed by atoms with E-state index in [4.69, 9.17) is 13.9 Å². The van der Waals surface area contributed by atoms with E-state index in [1.165, 1.54) is 11.3 Å². The number of furan rings is 1. The van der Waals surface area contributed by atoms with Crippen LogP contribution >= 0.6 is 27.3 Å². The van der Waals surface area contributed by atoms with Gasteiger partial charge in [-0.1, -0.05) is 17.4 Å². The topological polar surface area (TPSA) is 89.5 Å². The van der Waals surface area contributed by atoms with Crippen LogP contribution in [0.25, 0.3) is 6.08 Å². The molecule has 1 saturated heterocycles. The molecule has 0 saturated carbocycles. The van der Waals surface area contributed by atoms with Crippen molar-refractivity contribution in [2.45, 2.75) is 19.9 Å². The lowest BCUT2D eigenvalue weighted by Gasteiger charge is -2.32. The van der Waals surface area contributed by atoms with Crippen molar-refractivity contribution >= 4 is 45.2 Å². The number of likely N-dealkylation sites (N-methyl/N-ethyl adjacent to an activating group) is 1. The molecule has 0 N–H and O–H groups in total. The highest BCUT2D eigenvalue weighted by molar-refractivity contribution is 9.10. The van der Waals surface area contributed by atoms with Gasteiger partial charge in [-0.05, 0) is 60.6 Å². The molecule has 1 atom stereocenters. The van der Waals surface area contributed by atoms with Gasteiger partial charge in [-0.25, -0.2) is 9.79 Å². The van der Waals surface area contributed by atoms with E-state index in [1.54, 1.807) is 37.7 Å². The number of carbonyl (C=O) groups is 1. The lowest BCUT2D eigenvalue weighted by Crippen LogP contribution is -2.44. The number of thiazole rings is 1. The fourth-order valence-electron chi connectivity index (χ4n) is 4.71. The van der Waals surface area contributed by atoms with Crippen LogP contribution in [0.3, 0.4) is 0 Å². The molecule has 11 heteroatoms. The summed E-state index contributed by atoms with van der Waals surface area (Å²) in [4.78, 5) is 36.5. The Kier molecular flexibility index (Phi) is 7.60. The van der Waals surface area contributed by atoms with Gasteiger partial charge in [0.15, 0.2) is 10.7 Å². The van der Waals surface area contributed by atoms with Crippen LogP contribution in [0.15, 0.2) is 60.3 Å². The predicted octanol–water partition coefficient (Wildman–Crippen LogP) is 2.91. The van der Waals surface area contributed by atoms with Gasteiger partial charge in [0.1, 0.15) is 11.5 Å². The van der Waals surface area contributed by atoms with Crippen molar-refractivity contribution in [3.05, 3.63) is 77.1 Å². The molecule has 0 bridgehead atoms. The number of anilines is 1. The van der Waals surface area contributed by atoms with Gasteiger partial charge in [-0.2, -0.15) is 0 Å². The third-order valence-corrected chi connectivity index (χ3v) is 8.31. The maximum Gasteiger partial charge on any atom is 0.338 e. The number of fused-ring (bicyclic) bond motifs is 1. The number of allylic oxidation sites excluding steroid dienone is 1. The van der Waals surface area contributed by atoms with Crippen LogP contribution in [0.5, 0.6) is 5.75 Å². The summed E-state index contributed by atoms with van der Waals surface area (Å²) in [5.41, 5.74) is 1.33. The fraction of sp³-hybridized carbons (Fsp3) is 0.370. The third-order valence-electron chi connectivity index (χ3n) is 6.71. The summed E-state index contributed by atoms with van der Waals surface area (Å²) in [5.74, 6) is 1.53. The molecule has 38 heavy (non-hydrogen) atoms. The Morgan fingerprint density at radius 3 is 2.68 bits per heavy atom. The van der Waals surface area contributed by atoms with Gasteiger partial charge in [0.05, 0.1) is 40.0 Å².